The van der Waals surface area contributed by atoms with E-state index < -0.39 is 0 Å². The van der Waals surface area contributed by atoms with E-state index >= 15 is 0 Å². The van der Waals surface area contributed by atoms with E-state index in [1.165, 1.54) is 0 Å². The molecule has 0 N–H and O–H groups in total. The van der Waals surface area contributed by atoms with Crippen molar-refractivity contribution in [3.05, 3.63) is 11.6 Å². The van der Waals surface area contributed by atoms with Crippen molar-refractivity contribution in [3.8, 4) is 0 Å². The Kier molecular flexibility index (Phi) is 4.13. The van der Waals surface area contributed by atoms with Crippen LogP contribution in [0.5, 0.6) is 0 Å². The predicted molar refractivity (Wildman–Crippen MR) is 76.4 cm³/mol. The van der Waals surface area contributed by atoms with Crippen molar-refractivity contribution in [2.24, 2.45) is 5.41 Å². The summed E-state index contributed by atoms with van der Waals surface area (Å²) in [7, 11) is 1.75. The number of hydrogen-bond acceptors (Lipinski definition) is 3. The summed E-state index contributed by atoms with van der Waals surface area (Å²) in [6, 6.07) is 0. The monoisotopic (exact) mass is 279 g/mol. The van der Waals surface area contributed by atoms with E-state index in [1.807, 2.05) is 4.90 Å². The molecule has 20 heavy (non-hydrogen) atoms. The number of rotatable bonds is 3. The minimum Gasteiger partial charge on any atom is -0.384 e. The Morgan fingerprint density at radius 1 is 1.55 bits per heavy atom. The summed E-state index contributed by atoms with van der Waals surface area (Å²) in [6.45, 7) is 3.17. The zero-order chi connectivity index (χ0) is 14.0. The fourth-order valence-corrected chi connectivity index (χ4v) is 4.03. The quantitative estimate of drug-likeness (QED) is 0.794. The maximum atomic E-state index is 12.6. The summed E-state index contributed by atoms with van der Waals surface area (Å²) in [5.74, 6) is 0.252. The average Bonchev–Trinajstić information content (AvgIpc) is 3.00. The van der Waals surface area contributed by atoms with Crippen LogP contribution in [0.25, 0.3) is 0 Å². The molecule has 0 aromatic carbocycles. The number of piperidine rings is 1. The van der Waals surface area contributed by atoms with Gasteiger partial charge in [-0.3, -0.25) is 4.79 Å². The van der Waals surface area contributed by atoms with Crippen LogP contribution in [0.3, 0.4) is 0 Å². The Labute approximate surface area is 121 Å². The first kappa shape index (κ1) is 14.1. The van der Waals surface area contributed by atoms with E-state index in [9.17, 15) is 4.79 Å². The SMILES string of the molecule is COC[C@@]12CCCO[C@H]1CCN(C(=O)C1=CCCC1)C2. The molecule has 2 saturated heterocycles. The number of allylic oxidation sites excluding steroid dienone is 1. The standard InChI is InChI=1S/C16H25NO3/c1-19-12-16-8-4-10-20-14(16)7-9-17(11-16)15(18)13-5-2-3-6-13/h5,14H,2-4,6-12H2,1H3/t14-,16-/m0/s1. The lowest BCUT2D eigenvalue weighted by atomic mass is 9.73. The second kappa shape index (κ2) is 5.86. The predicted octanol–water partition coefficient (Wildman–Crippen LogP) is 2.14. The number of methoxy groups -OCH3 is 1. The lowest BCUT2D eigenvalue weighted by Gasteiger charge is -2.50. The van der Waals surface area contributed by atoms with Gasteiger partial charge in [-0.15, -0.1) is 0 Å². The number of hydrogen-bond donors (Lipinski definition) is 0. The fourth-order valence-electron chi connectivity index (χ4n) is 4.03. The van der Waals surface area contributed by atoms with Crippen LogP contribution >= 0.6 is 0 Å². The van der Waals surface area contributed by atoms with Crippen LogP contribution in [0, 0.1) is 5.41 Å². The third-order valence-corrected chi connectivity index (χ3v) is 5.02. The van der Waals surface area contributed by atoms with Gasteiger partial charge in [-0.25, -0.2) is 0 Å². The molecule has 112 valence electrons. The molecule has 1 aliphatic carbocycles. The number of ether oxygens (including phenoxy) is 2. The van der Waals surface area contributed by atoms with Crippen molar-refractivity contribution in [2.45, 2.75) is 44.6 Å². The van der Waals surface area contributed by atoms with Crippen LogP contribution in [-0.4, -0.2) is 50.3 Å². The number of amides is 1. The highest BCUT2D eigenvalue weighted by Crippen LogP contribution is 2.41. The van der Waals surface area contributed by atoms with Gasteiger partial charge in [0, 0.05) is 37.8 Å². The fraction of sp³-hybridized carbons (Fsp3) is 0.812. The number of nitrogens with zero attached hydrogens (tertiary/aromatic N) is 1. The van der Waals surface area contributed by atoms with E-state index in [0.717, 1.165) is 63.8 Å². The van der Waals surface area contributed by atoms with Gasteiger partial charge in [0.15, 0.2) is 0 Å². The summed E-state index contributed by atoms with van der Waals surface area (Å²) < 4.78 is 11.4. The molecule has 2 heterocycles. The van der Waals surface area contributed by atoms with Crippen molar-refractivity contribution in [1.82, 2.24) is 4.90 Å². The highest BCUT2D eigenvalue weighted by molar-refractivity contribution is 5.93. The lowest BCUT2D eigenvalue weighted by Crippen LogP contribution is -2.58. The molecule has 4 heteroatoms. The molecule has 0 bridgehead atoms. The van der Waals surface area contributed by atoms with Gasteiger partial charge in [0.25, 0.3) is 0 Å². The summed E-state index contributed by atoms with van der Waals surface area (Å²) in [4.78, 5) is 14.6. The number of carbonyl (C=O) groups excluding carboxylic acids is 1. The van der Waals surface area contributed by atoms with Gasteiger partial charge in [-0.05, 0) is 38.5 Å². The zero-order valence-electron chi connectivity index (χ0n) is 12.4. The van der Waals surface area contributed by atoms with Gasteiger partial charge in [0.05, 0.1) is 12.7 Å². The Balaban J connectivity index is 1.74. The summed E-state index contributed by atoms with van der Waals surface area (Å²) in [6.07, 6.45) is 8.65. The van der Waals surface area contributed by atoms with Crippen molar-refractivity contribution in [1.29, 1.82) is 0 Å². The molecule has 0 saturated carbocycles. The van der Waals surface area contributed by atoms with E-state index in [2.05, 4.69) is 6.08 Å². The second-order valence-corrected chi connectivity index (χ2v) is 6.40. The second-order valence-electron chi connectivity index (χ2n) is 6.40. The molecule has 2 aliphatic heterocycles. The van der Waals surface area contributed by atoms with Gasteiger partial charge >= 0.3 is 0 Å². The molecule has 1 amide bonds. The molecular weight excluding hydrogens is 254 g/mol. The normalized spacial score (nSPS) is 33.8. The maximum absolute atomic E-state index is 12.6. The lowest BCUT2D eigenvalue weighted by molar-refractivity contribution is -0.159. The number of likely N-dealkylation sites (tertiary alicyclic amines) is 1. The molecular formula is C16H25NO3. The van der Waals surface area contributed by atoms with Crippen molar-refractivity contribution >= 4 is 5.91 Å². The third kappa shape index (κ3) is 2.51. The Morgan fingerprint density at radius 2 is 2.45 bits per heavy atom. The Hall–Kier alpha value is -0.870. The largest absolute Gasteiger partial charge is 0.384 e. The van der Waals surface area contributed by atoms with E-state index in [4.69, 9.17) is 9.47 Å². The van der Waals surface area contributed by atoms with Crippen LogP contribution in [0.4, 0.5) is 0 Å². The first-order valence-electron chi connectivity index (χ1n) is 7.84. The molecule has 3 aliphatic rings. The molecule has 2 atom stereocenters. The number of fused-ring (bicyclic) bond motifs is 1. The highest BCUT2D eigenvalue weighted by atomic mass is 16.5. The van der Waals surface area contributed by atoms with Crippen molar-refractivity contribution in [2.75, 3.05) is 33.4 Å². The zero-order valence-corrected chi connectivity index (χ0v) is 12.4. The van der Waals surface area contributed by atoms with Gasteiger partial charge in [-0.2, -0.15) is 0 Å². The maximum Gasteiger partial charge on any atom is 0.249 e. The highest BCUT2D eigenvalue weighted by Gasteiger charge is 2.47. The van der Waals surface area contributed by atoms with Gasteiger partial charge in [0.2, 0.25) is 5.91 Å². The van der Waals surface area contributed by atoms with Crippen molar-refractivity contribution < 1.29 is 14.3 Å². The molecule has 0 radical (unpaired) electrons. The molecule has 0 aromatic rings. The van der Waals surface area contributed by atoms with Crippen LogP contribution in [0.2, 0.25) is 0 Å². The summed E-state index contributed by atoms with van der Waals surface area (Å²) in [5.41, 5.74) is 1.04. The summed E-state index contributed by atoms with van der Waals surface area (Å²) in [5, 5.41) is 0. The first-order valence-corrected chi connectivity index (χ1v) is 7.84. The van der Waals surface area contributed by atoms with Gasteiger partial charge in [0.1, 0.15) is 0 Å². The minimum absolute atomic E-state index is 0.0140. The molecule has 0 aromatic heterocycles. The molecule has 3 rings (SSSR count). The van der Waals surface area contributed by atoms with E-state index in [0.29, 0.717) is 6.61 Å². The number of carbonyl (C=O) groups is 1. The van der Waals surface area contributed by atoms with Crippen LogP contribution in [0.15, 0.2) is 11.6 Å². The molecule has 4 nitrogen and oxygen atoms in total. The van der Waals surface area contributed by atoms with Gasteiger partial charge in [-0.1, -0.05) is 6.08 Å². The molecule has 2 fully saturated rings. The van der Waals surface area contributed by atoms with E-state index in [1.54, 1.807) is 7.11 Å². The van der Waals surface area contributed by atoms with Crippen LogP contribution < -0.4 is 0 Å². The Morgan fingerprint density at radius 3 is 3.20 bits per heavy atom. The summed E-state index contributed by atoms with van der Waals surface area (Å²) >= 11 is 0. The third-order valence-electron chi connectivity index (χ3n) is 5.02. The average molecular weight is 279 g/mol. The van der Waals surface area contributed by atoms with E-state index in [-0.39, 0.29) is 17.4 Å². The van der Waals surface area contributed by atoms with Gasteiger partial charge < -0.3 is 14.4 Å². The topological polar surface area (TPSA) is 38.8 Å². The molecule has 0 spiro atoms. The van der Waals surface area contributed by atoms with Crippen LogP contribution in [0.1, 0.15) is 38.5 Å². The smallest absolute Gasteiger partial charge is 0.249 e. The van der Waals surface area contributed by atoms with Crippen molar-refractivity contribution in [3.63, 3.8) is 0 Å². The minimum atomic E-state index is 0.0140. The van der Waals surface area contributed by atoms with Crippen LogP contribution in [-0.2, 0) is 14.3 Å². The Bertz CT molecular complexity index is 403. The molecule has 0 unspecified atom stereocenters. The first-order chi connectivity index (χ1) is 9.75.